The third-order valence-corrected chi connectivity index (χ3v) is 5.30. The first-order chi connectivity index (χ1) is 12.0. The molecule has 3 aromatic rings. The number of terminal acetylenes is 1. The molecular formula is C19H17N3O2S. The Morgan fingerprint density at radius 3 is 2.72 bits per heavy atom. The van der Waals surface area contributed by atoms with Gasteiger partial charge in [-0.15, -0.1) is 16.6 Å². The van der Waals surface area contributed by atoms with Crippen LogP contribution in [-0.4, -0.2) is 32.1 Å². The van der Waals surface area contributed by atoms with Gasteiger partial charge in [0.25, 0.3) is 0 Å². The molecule has 1 saturated carbocycles. The number of rotatable bonds is 3. The van der Waals surface area contributed by atoms with Gasteiger partial charge in [-0.05, 0) is 38.0 Å². The highest BCUT2D eigenvalue weighted by atomic mass is 32.1. The number of aliphatic hydroxyl groups is 1. The van der Waals surface area contributed by atoms with Crippen LogP contribution in [0.3, 0.4) is 0 Å². The lowest BCUT2D eigenvalue weighted by atomic mass is 9.77. The lowest BCUT2D eigenvalue weighted by molar-refractivity contribution is -0.0235. The number of benzene rings is 1. The molecule has 1 aliphatic rings. The van der Waals surface area contributed by atoms with Crippen LogP contribution in [0, 0.1) is 12.3 Å². The normalized spacial score (nSPS) is 22.4. The van der Waals surface area contributed by atoms with E-state index in [9.17, 15) is 10.2 Å². The molecule has 1 aliphatic carbocycles. The predicted molar refractivity (Wildman–Crippen MR) is 99.7 cm³/mol. The Morgan fingerprint density at radius 2 is 2.04 bits per heavy atom. The molecule has 0 spiro atoms. The summed E-state index contributed by atoms with van der Waals surface area (Å²) in [6.07, 6.45) is 6.75. The molecule has 0 radical (unpaired) electrons. The fraction of sp³-hybridized carbons (Fsp3) is 0.263. The number of fused-ring (bicyclic) bond motifs is 1. The second-order valence-electron chi connectivity index (χ2n) is 6.72. The molecule has 2 aromatic heterocycles. The number of aromatic nitrogens is 2. The molecule has 4 rings (SSSR count). The van der Waals surface area contributed by atoms with Gasteiger partial charge >= 0.3 is 0 Å². The summed E-state index contributed by atoms with van der Waals surface area (Å²) in [6, 6.07) is 5.29. The van der Waals surface area contributed by atoms with Crippen LogP contribution in [0.5, 0.6) is 5.75 Å². The Hall–Kier alpha value is -2.62. The summed E-state index contributed by atoms with van der Waals surface area (Å²) >= 11 is 1.56. The van der Waals surface area contributed by atoms with Gasteiger partial charge in [-0.3, -0.25) is 0 Å². The lowest BCUT2D eigenvalue weighted by Crippen LogP contribution is -2.48. The van der Waals surface area contributed by atoms with Crippen molar-refractivity contribution in [1.29, 1.82) is 0 Å². The number of thiophene rings is 1. The first kappa shape index (κ1) is 15.9. The highest BCUT2D eigenvalue weighted by molar-refractivity contribution is 7.09. The molecule has 0 unspecified atom stereocenters. The van der Waals surface area contributed by atoms with Crippen molar-refractivity contribution in [3.05, 3.63) is 34.5 Å². The minimum absolute atomic E-state index is 0.0907. The molecule has 2 heterocycles. The summed E-state index contributed by atoms with van der Waals surface area (Å²) in [5.41, 5.74) is 1.26. The molecule has 0 saturated heterocycles. The largest absolute Gasteiger partial charge is 0.507 e. The quantitative estimate of drug-likeness (QED) is 0.631. The number of phenols is 1. The van der Waals surface area contributed by atoms with E-state index >= 15 is 0 Å². The summed E-state index contributed by atoms with van der Waals surface area (Å²) in [5, 5.41) is 38.1. The van der Waals surface area contributed by atoms with Gasteiger partial charge < -0.3 is 15.5 Å². The monoisotopic (exact) mass is 351 g/mol. The SMILES string of the molecule is C#Cc1ccc(-c2nnc(NC3CC(C)(O)C3)c3cscc23)c(O)c1. The standard InChI is InChI=1S/C19H17N3O2S/c1-3-11-4-5-13(16(23)6-11)17-14-9-25-10-15(14)18(22-21-17)20-12-7-19(2,24)8-12/h1,4-6,9-10,12,23-24H,7-8H2,2H3,(H,20,22). The van der Waals surface area contributed by atoms with Gasteiger partial charge in [0, 0.05) is 38.7 Å². The summed E-state index contributed by atoms with van der Waals surface area (Å²) in [4.78, 5) is 0. The molecule has 0 atom stereocenters. The van der Waals surface area contributed by atoms with Gasteiger partial charge in [0.1, 0.15) is 11.4 Å². The molecule has 0 aliphatic heterocycles. The van der Waals surface area contributed by atoms with Gasteiger partial charge in [0.2, 0.25) is 0 Å². The zero-order chi connectivity index (χ0) is 17.6. The fourth-order valence-electron chi connectivity index (χ4n) is 3.30. The van der Waals surface area contributed by atoms with E-state index in [1.165, 1.54) is 0 Å². The van der Waals surface area contributed by atoms with E-state index in [2.05, 4.69) is 21.4 Å². The van der Waals surface area contributed by atoms with Gasteiger partial charge in [0.05, 0.1) is 5.60 Å². The van der Waals surface area contributed by atoms with Crippen molar-refractivity contribution in [2.24, 2.45) is 0 Å². The molecule has 5 nitrogen and oxygen atoms in total. The van der Waals surface area contributed by atoms with Crippen LogP contribution in [0.4, 0.5) is 5.82 Å². The number of phenolic OH excluding ortho intramolecular Hbond substituents is 1. The van der Waals surface area contributed by atoms with Crippen LogP contribution in [0.25, 0.3) is 22.0 Å². The minimum Gasteiger partial charge on any atom is -0.507 e. The van der Waals surface area contributed by atoms with Gasteiger partial charge in [0.15, 0.2) is 5.82 Å². The Labute approximate surface area is 149 Å². The Morgan fingerprint density at radius 1 is 1.28 bits per heavy atom. The number of anilines is 1. The summed E-state index contributed by atoms with van der Waals surface area (Å²) in [6.45, 7) is 1.84. The van der Waals surface area contributed by atoms with Crippen LogP contribution in [0.15, 0.2) is 29.0 Å². The third kappa shape index (κ3) is 2.82. The second-order valence-corrected chi connectivity index (χ2v) is 7.46. The van der Waals surface area contributed by atoms with Crippen molar-refractivity contribution in [1.82, 2.24) is 10.2 Å². The molecule has 0 amide bonds. The summed E-state index contributed by atoms with van der Waals surface area (Å²) in [5.74, 6) is 3.30. The van der Waals surface area contributed by atoms with E-state index in [1.54, 1.807) is 29.5 Å². The van der Waals surface area contributed by atoms with E-state index in [0.29, 0.717) is 35.5 Å². The maximum absolute atomic E-state index is 10.3. The van der Waals surface area contributed by atoms with E-state index in [4.69, 9.17) is 6.42 Å². The first-order valence-electron chi connectivity index (χ1n) is 7.98. The zero-order valence-corrected chi connectivity index (χ0v) is 14.5. The van der Waals surface area contributed by atoms with Crippen LogP contribution >= 0.6 is 11.3 Å². The Bertz CT molecular complexity index is 996. The van der Waals surface area contributed by atoms with Crippen molar-refractivity contribution in [2.75, 3.05) is 5.32 Å². The van der Waals surface area contributed by atoms with Crippen molar-refractivity contribution in [3.8, 4) is 29.4 Å². The van der Waals surface area contributed by atoms with E-state index in [-0.39, 0.29) is 11.8 Å². The van der Waals surface area contributed by atoms with Crippen molar-refractivity contribution in [3.63, 3.8) is 0 Å². The molecule has 0 bridgehead atoms. The minimum atomic E-state index is -0.594. The van der Waals surface area contributed by atoms with E-state index in [0.717, 1.165) is 10.8 Å². The maximum Gasteiger partial charge on any atom is 0.157 e. The van der Waals surface area contributed by atoms with Gasteiger partial charge in [-0.1, -0.05) is 5.92 Å². The molecular weight excluding hydrogens is 334 g/mol. The molecule has 6 heteroatoms. The molecule has 3 N–H and O–H groups in total. The molecule has 25 heavy (non-hydrogen) atoms. The number of hydrogen-bond acceptors (Lipinski definition) is 6. The Balaban J connectivity index is 1.72. The second kappa shape index (κ2) is 5.73. The maximum atomic E-state index is 10.3. The highest BCUT2D eigenvalue weighted by Crippen LogP contribution is 2.39. The van der Waals surface area contributed by atoms with Crippen LogP contribution < -0.4 is 5.32 Å². The fourth-order valence-corrected chi connectivity index (χ4v) is 4.11. The van der Waals surface area contributed by atoms with Crippen molar-refractivity contribution < 1.29 is 10.2 Å². The summed E-state index contributed by atoms with van der Waals surface area (Å²) in [7, 11) is 0. The molecule has 1 aromatic carbocycles. The number of hydrogen-bond donors (Lipinski definition) is 3. The Kier molecular flexibility index (Phi) is 3.64. The average molecular weight is 351 g/mol. The third-order valence-electron chi connectivity index (χ3n) is 4.55. The van der Waals surface area contributed by atoms with Crippen molar-refractivity contribution >= 4 is 27.9 Å². The topological polar surface area (TPSA) is 78.3 Å². The summed E-state index contributed by atoms with van der Waals surface area (Å²) < 4.78 is 0. The lowest BCUT2D eigenvalue weighted by Gasteiger charge is -2.41. The number of nitrogens with one attached hydrogen (secondary N) is 1. The highest BCUT2D eigenvalue weighted by Gasteiger charge is 2.38. The number of nitrogens with zero attached hydrogens (tertiary/aromatic N) is 2. The smallest absolute Gasteiger partial charge is 0.157 e. The van der Waals surface area contributed by atoms with Gasteiger partial charge in [-0.25, -0.2) is 0 Å². The zero-order valence-electron chi connectivity index (χ0n) is 13.7. The number of aromatic hydroxyl groups is 1. The van der Waals surface area contributed by atoms with Crippen molar-refractivity contribution in [2.45, 2.75) is 31.4 Å². The van der Waals surface area contributed by atoms with Crippen LogP contribution in [-0.2, 0) is 0 Å². The molecule has 1 fully saturated rings. The average Bonchev–Trinajstić information content (AvgIpc) is 3.04. The molecule has 126 valence electrons. The van der Waals surface area contributed by atoms with E-state index < -0.39 is 5.60 Å². The van der Waals surface area contributed by atoms with E-state index in [1.807, 2.05) is 17.7 Å². The van der Waals surface area contributed by atoms with Crippen LogP contribution in [0.2, 0.25) is 0 Å². The predicted octanol–water partition coefficient (Wildman–Crippen LogP) is 3.37. The first-order valence-corrected chi connectivity index (χ1v) is 8.92. The van der Waals surface area contributed by atoms with Gasteiger partial charge in [-0.2, -0.15) is 11.3 Å². The van der Waals surface area contributed by atoms with Crippen LogP contribution in [0.1, 0.15) is 25.3 Å².